The van der Waals surface area contributed by atoms with Gasteiger partial charge in [0.05, 0.1) is 30.9 Å². The number of ether oxygens (including phenoxy) is 2. The van der Waals surface area contributed by atoms with Gasteiger partial charge in [-0.05, 0) is 35.4 Å². The summed E-state index contributed by atoms with van der Waals surface area (Å²) in [6.45, 7) is 2.43. The zero-order valence-electron chi connectivity index (χ0n) is 12.9. The lowest BCUT2D eigenvalue weighted by Crippen LogP contribution is -2.46. The molecule has 0 spiro atoms. The van der Waals surface area contributed by atoms with Crippen LogP contribution < -0.4 is 19.3 Å². The van der Waals surface area contributed by atoms with Crippen LogP contribution in [0.4, 0.5) is 11.4 Å². The van der Waals surface area contributed by atoms with Crippen LogP contribution in [0.2, 0.25) is 10.0 Å². The van der Waals surface area contributed by atoms with E-state index in [1.165, 1.54) is 11.1 Å². The molecule has 4 nitrogen and oxygen atoms in total. The maximum atomic E-state index is 6.30. The van der Waals surface area contributed by atoms with E-state index >= 15 is 0 Å². The fraction of sp³-hybridized carbons (Fsp3) is 0.294. The van der Waals surface area contributed by atoms with E-state index in [1.807, 2.05) is 24.3 Å². The van der Waals surface area contributed by atoms with Crippen molar-refractivity contribution < 1.29 is 9.47 Å². The molecule has 2 heterocycles. The Morgan fingerprint density at radius 2 is 1.22 bits per heavy atom. The standard InChI is InChI=1S/C17H16Cl2N2O2/c1-22-16-3-10-7-20-9-21(14(10)5-12(16)18)8-11-4-17(23-2)13(19)6-15(11)20/h3-6H,7-9H2,1-2H3. The molecule has 0 fully saturated rings. The van der Waals surface area contributed by atoms with Crippen LogP contribution in [0.5, 0.6) is 11.5 Å². The van der Waals surface area contributed by atoms with Crippen LogP contribution in [0.25, 0.3) is 0 Å². The molecule has 0 amide bonds. The molecule has 6 heteroatoms. The van der Waals surface area contributed by atoms with Gasteiger partial charge in [0, 0.05) is 24.5 Å². The Hall–Kier alpha value is -1.78. The van der Waals surface area contributed by atoms with Crippen LogP contribution in [-0.2, 0) is 13.1 Å². The number of halogens is 2. The van der Waals surface area contributed by atoms with Crippen LogP contribution in [0, 0.1) is 0 Å². The molecular formula is C17H16Cl2N2O2. The second-order valence-electron chi connectivity index (χ2n) is 5.77. The zero-order chi connectivity index (χ0) is 16.1. The number of anilines is 2. The summed E-state index contributed by atoms with van der Waals surface area (Å²) in [6, 6.07) is 8.02. The first-order valence-corrected chi connectivity index (χ1v) is 8.09. The second-order valence-corrected chi connectivity index (χ2v) is 6.58. The Morgan fingerprint density at radius 3 is 1.61 bits per heavy atom. The molecule has 0 radical (unpaired) electrons. The normalized spacial score (nSPS) is 15.1. The molecule has 4 rings (SSSR count). The van der Waals surface area contributed by atoms with Crippen molar-refractivity contribution in [3.8, 4) is 11.5 Å². The Bertz CT molecular complexity index is 729. The van der Waals surface area contributed by atoms with E-state index in [0.29, 0.717) is 21.5 Å². The molecule has 0 atom stereocenters. The molecule has 120 valence electrons. The minimum absolute atomic E-state index is 0.638. The first-order chi connectivity index (χ1) is 11.1. The molecule has 2 bridgehead atoms. The molecule has 2 aliphatic rings. The second kappa shape index (κ2) is 5.39. The van der Waals surface area contributed by atoms with Crippen molar-refractivity contribution in [3.05, 3.63) is 45.4 Å². The van der Waals surface area contributed by atoms with Crippen molar-refractivity contribution in [3.63, 3.8) is 0 Å². The summed E-state index contributed by atoms with van der Waals surface area (Å²) in [4.78, 5) is 4.61. The number of hydrogen-bond acceptors (Lipinski definition) is 4. The largest absolute Gasteiger partial charge is 0.495 e. The molecule has 0 saturated heterocycles. The first kappa shape index (κ1) is 14.8. The van der Waals surface area contributed by atoms with Crippen LogP contribution in [0.3, 0.4) is 0 Å². The maximum Gasteiger partial charge on any atom is 0.137 e. The predicted molar refractivity (Wildman–Crippen MR) is 93.2 cm³/mol. The van der Waals surface area contributed by atoms with Crippen LogP contribution in [0.1, 0.15) is 11.1 Å². The number of benzene rings is 2. The van der Waals surface area contributed by atoms with Crippen LogP contribution in [0.15, 0.2) is 24.3 Å². The third-order valence-corrected chi connectivity index (χ3v) is 5.04. The number of fused-ring (bicyclic) bond motifs is 6. The van der Waals surface area contributed by atoms with Gasteiger partial charge >= 0.3 is 0 Å². The summed E-state index contributed by atoms with van der Waals surface area (Å²) < 4.78 is 10.7. The van der Waals surface area contributed by atoms with E-state index in [0.717, 1.165) is 31.1 Å². The molecule has 23 heavy (non-hydrogen) atoms. The van der Waals surface area contributed by atoms with E-state index < -0.39 is 0 Å². The number of nitrogens with zero attached hydrogens (tertiary/aromatic N) is 2. The van der Waals surface area contributed by atoms with Crippen molar-refractivity contribution in [1.29, 1.82) is 0 Å². The topological polar surface area (TPSA) is 24.9 Å². The Labute approximate surface area is 145 Å². The average Bonchev–Trinajstić information content (AvgIpc) is 2.55. The monoisotopic (exact) mass is 350 g/mol. The molecule has 2 aliphatic heterocycles. The summed E-state index contributed by atoms with van der Waals surface area (Å²) in [5.74, 6) is 1.42. The molecular weight excluding hydrogens is 335 g/mol. The molecule has 0 aliphatic carbocycles. The van der Waals surface area contributed by atoms with Crippen molar-refractivity contribution in [2.75, 3.05) is 30.7 Å². The highest BCUT2D eigenvalue weighted by molar-refractivity contribution is 6.32. The van der Waals surface area contributed by atoms with Crippen molar-refractivity contribution >= 4 is 34.6 Å². The minimum atomic E-state index is 0.638. The predicted octanol–water partition coefficient (Wildman–Crippen LogP) is 4.31. The van der Waals surface area contributed by atoms with Crippen molar-refractivity contribution in [2.24, 2.45) is 0 Å². The van der Waals surface area contributed by atoms with Gasteiger partial charge < -0.3 is 19.3 Å². The fourth-order valence-corrected chi connectivity index (χ4v) is 3.84. The van der Waals surface area contributed by atoms with E-state index in [1.54, 1.807) is 14.2 Å². The van der Waals surface area contributed by atoms with E-state index in [2.05, 4.69) is 9.80 Å². The van der Waals surface area contributed by atoms with Gasteiger partial charge in [-0.2, -0.15) is 0 Å². The van der Waals surface area contributed by atoms with E-state index in [4.69, 9.17) is 32.7 Å². The van der Waals surface area contributed by atoms with Crippen LogP contribution >= 0.6 is 23.2 Å². The first-order valence-electron chi connectivity index (χ1n) is 7.33. The number of hydrogen-bond donors (Lipinski definition) is 0. The summed E-state index contributed by atoms with van der Waals surface area (Å²) in [6.07, 6.45) is 0. The number of methoxy groups -OCH3 is 2. The van der Waals surface area contributed by atoms with E-state index in [-0.39, 0.29) is 0 Å². The minimum Gasteiger partial charge on any atom is -0.495 e. The van der Waals surface area contributed by atoms with Gasteiger partial charge in [-0.15, -0.1) is 0 Å². The van der Waals surface area contributed by atoms with Gasteiger partial charge in [0.15, 0.2) is 0 Å². The molecule has 0 N–H and O–H groups in total. The molecule has 2 aromatic rings. The molecule has 0 aromatic heterocycles. The molecule has 2 aromatic carbocycles. The zero-order valence-corrected chi connectivity index (χ0v) is 14.4. The molecule has 0 saturated carbocycles. The van der Waals surface area contributed by atoms with Gasteiger partial charge in [-0.3, -0.25) is 0 Å². The average molecular weight is 351 g/mol. The quantitative estimate of drug-likeness (QED) is 0.805. The van der Waals surface area contributed by atoms with Gasteiger partial charge in [0.1, 0.15) is 11.5 Å². The Morgan fingerprint density at radius 1 is 0.783 bits per heavy atom. The summed E-state index contributed by atoms with van der Waals surface area (Å²) in [7, 11) is 3.28. The lowest BCUT2D eigenvalue weighted by atomic mass is 10.0. The smallest absolute Gasteiger partial charge is 0.137 e. The van der Waals surface area contributed by atoms with Gasteiger partial charge in [-0.1, -0.05) is 23.2 Å². The highest BCUT2D eigenvalue weighted by Crippen LogP contribution is 2.44. The third kappa shape index (κ3) is 2.28. The summed E-state index contributed by atoms with van der Waals surface area (Å²) >= 11 is 12.6. The Kier molecular flexibility index (Phi) is 3.47. The Balaban J connectivity index is 1.80. The molecule has 0 unspecified atom stereocenters. The summed E-state index contributed by atoms with van der Waals surface area (Å²) in [5.41, 5.74) is 4.73. The van der Waals surface area contributed by atoms with Crippen LogP contribution in [-0.4, -0.2) is 20.9 Å². The lowest BCUT2D eigenvalue weighted by Gasteiger charge is -2.45. The fourth-order valence-electron chi connectivity index (χ4n) is 3.36. The van der Waals surface area contributed by atoms with Gasteiger partial charge in [0.25, 0.3) is 0 Å². The summed E-state index contributed by atoms with van der Waals surface area (Å²) in [5, 5.41) is 1.28. The van der Waals surface area contributed by atoms with Gasteiger partial charge in [-0.25, -0.2) is 0 Å². The third-order valence-electron chi connectivity index (χ3n) is 4.45. The maximum absolute atomic E-state index is 6.30. The SMILES string of the molecule is COc1cc2c(cc1Cl)N1Cc3cc(OC)c(Cl)cc3N(C2)C1. The number of rotatable bonds is 2. The highest BCUT2D eigenvalue weighted by atomic mass is 35.5. The van der Waals surface area contributed by atoms with E-state index in [9.17, 15) is 0 Å². The highest BCUT2D eigenvalue weighted by Gasteiger charge is 2.31. The van der Waals surface area contributed by atoms with Crippen molar-refractivity contribution in [2.45, 2.75) is 13.1 Å². The lowest BCUT2D eigenvalue weighted by molar-refractivity contribution is 0.413. The van der Waals surface area contributed by atoms with Gasteiger partial charge in [0.2, 0.25) is 0 Å². The van der Waals surface area contributed by atoms with Crippen molar-refractivity contribution in [1.82, 2.24) is 0 Å².